The van der Waals surface area contributed by atoms with Crippen LogP contribution in [0.2, 0.25) is 0 Å². The molecule has 1 aromatic carbocycles. The molecule has 5 heteroatoms. The van der Waals surface area contributed by atoms with E-state index in [1.165, 1.54) is 22.7 Å². The molecule has 0 saturated carbocycles. The fourth-order valence-corrected chi connectivity index (χ4v) is 3.93. The molecular formula is C15H21N3S2. The lowest BCUT2D eigenvalue weighted by atomic mass is 10.0. The number of benzene rings is 1. The van der Waals surface area contributed by atoms with Crippen LogP contribution >= 0.6 is 23.3 Å². The topological polar surface area (TPSA) is 51.8 Å². The summed E-state index contributed by atoms with van der Waals surface area (Å²) in [4.78, 5) is 4.49. The number of aromatic nitrogens is 2. The molecule has 1 aromatic heterocycles. The van der Waals surface area contributed by atoms with Crippen LogP contribution in [0.15, 0.2) is 28.6 Å². The van der Waals surface area contributed by atoms with Crippen LogP contribution in [-0.2, 0) is 12.8 Å². The predicted octanol–water partition coefficient (Wildman–Crippen LogP) is 3.84. The highest BCUT2D eigenvalue weighted by atomic mass is 32.2. The highest BCUT2D eigenvalue weighted by molar-refractivity contribution is 8.01. The highest BCUT2D eigenvalue weighted by Gasteiger charge is 2.18. The van der Waals surface area contributed by atoms with Crippen molar-refractivity contribution in [2.24, 2.45) is 5.73 Å². The maximum absolute atomic E-state index is 6.35. The summed E-state index contributed by atoms with van der Waals surface area (Å²) < 4.78 is 5.32. The molecular weight excluding hydrogens is 286 g/mol. The second-order valence-electron chi connectivity index (χ2n) is 4.77. The average Bonchev–Trinajstić information content (AvgIpc) is 2.94. The van der Waals surface area contributed by atoms with Crippen LogP contribution in [0, 0.1) is 0 Å². The van der Waals surface area contributed by atoms with Gasteiger partial charge in [0.1, 0.15) is 5.82 Å². The number of aryl methyl sites for hydroxylation is 2. The summed E-state index contributed by atoms with van der Waals surface area (Å²) in [5, 5.41) is 0.278. The molecule has 0 bridgehead atoms. The molecule has 2 N–H and O–H groups in total. The van der Waals surface area contributed by atoms with Crippen LogP contribution in [-0.4, -0.2) is 14.6 Å². The van der Waals surface area contributed by atoms with Gasteiger partial charge in [-0.2, -0.15) is 4.37 Å². The Morgan fingerprint density at radius 2 is 1.90 bits per heavy atom. The Hall–Kier alpha value is -0.910. The molecule has 3 nitrogen and oxygen atoms in total. The van der Waals surface area contributed by atoms with Gasteiger partial charge in [0, 0.05) is 17.7 Å². The Morgan fingerprint density at radius 3 is 2.45 bits per heavy atom. The van der Waals surface area contributed by atoms with Crippen LogP contribution in [0.1, 0.15) is 43.8 Å². The number of thioether (sulfide) groups is 1. The van der Waals surface area contributed by atoms with E-state index in [0.29, 0.717) is 0 Å². The molecule has 1 heterocycles. The first-order valence-electron chi connectivity index (χ1n) is 6.97. The monoisotopic (exact) mass is 307 g/mol. The Bertz CT molecular complexity index is 536. The third-order valence-corrected chi connectivity index (χ3v) is 5.35. The third-order valence-electron chi connectivity index (χ3n) is 3.33. The standard InChI is InChI=1S/C15H21N3S2/c1-4-11-6-8-12(9-7-11)14(16)10(3)19-15-17-13(5-2)18-20-15/h6-10,14H,4-5,16H2,1-3H3. The molecule has 0 amide bonds. The molecule has 20 heavy (non-hydrogen) atoms. The van der Waals surface area contributed by atoms with E-state index in [2.05, 4.69) is 54.4 Å². The van der Waals surface area contributed by atoms with E-state index in [-0.39, 0.29) is 11.3 Å². The first kappa shape index (κ1) is 15.5. The first-order chi connectivity index (χ1) is 9.63. The number of nitrogens with zero attached hydrogens (tertiary/aromatic N) is 2. The van der Waals surface area contributed by atoms with Gasteiger partial charge in [-0.05, 0) is 29.1 Å². The molecule has 108 valence electrons. The van der Waals surface area contributed by atoms with Gasteiger partial charge in [-0.1, -0.05) is 56.8 Å². The number of nitrogens with two attached hydrogens (primary N) is 1. The normalized spacial score (nSPS) is 14.2. The van der Waals surface area contributed by atoms with Crippen LogP contribution in [0.25, 0.3) is 0 Å². The summed E-state index contributed by atoms with van der Waals surface area (Å²) in [7, 11) is 0. The Labute approximate surface area is 129 Å². The first-order valence-corrected chi connectivity index (χ1v) is 8.63. The van der Waals surface area contributed by atoms with Gasteiger partial charge in [0.25, 0.3) is 0 Å². The molecule has 2 unspecified atom stereocenters. The summed E-state index contributed by atoms with van der Waals surface area (Å²) in [5.74, 6) is 0.922. The van der Waals surface area contributed by atoms with E-state index in [1.807, 2.05) is 0 Å². The Balaban J connectivity index is 2.01. The zero-order valence-electron chi connectivity index (χ0n) is 12.2. The van der Waals surface area contributed by atoms with Gasteiger partial charge in [0.15, 0.2) is 4.34 Å². The SMILES string of the molecule is CCc1ccc(C(N)C(C)Sc2nc(CC)ns2)cc1. The predicted molar refractivity (Wildman–Crippen MR) is 87.4 cm³/mol. The lowest BCUT2D eigenvalue weighted by Crippen LogP contribution is -2.21. The van der Waals surface area contributed by atoms with Gasteiger partial charge in [-0.3, -0.25) is 0 Å². The minimum atomic E-state index is 0.0138. The van der Waals surface area contributed by atoms with Crippen molar-refractivity contribution in [1.29, 1.82) is 0 Å². The van der Waals surface area contributed by atoms with Crippen molar-refractivity contribution in [2.75, 3.05) is 0 Å². The van der Waals surface area contributed by atoms with Gasteiger partial charge in [-0.15, -0.1) is 0 Å². The molecule has 0 aliphatic carbocycles. The van der Waals surface area contributed by atoms with Crippen LogP contribution < -0.4 is 5.73 Å². The zero-order chi connectivity index (χ0) is 14.5. The van der Waals surface area contributed by atoms with E-state index in [0.717, 1.165) is 23.0 Å². The molecule has 0 aliphatic rings. The molecule has 2 atom stereocenters. The molecule has 2 aromatic rings. The van der Waals surface area contributed by atoms with Gasteiger partial charge in [0.05, 0.1) is 0 Å². The largest absolute Gasteiger partial charge is 0.323 e. The fraction of sp³-hybridized carbons (Fsp3) is 0.467. The molecule has 0 fully saturated rings. The zero-order valence-corrected chi connectivity index (χ0v) is 13.8. The van der Waals surface area contributed by atoms with Crippen molar-refractivity contribution in [2.45, 2.75) is 49.2 Å². The fourth-order valence-electron chi connectivity index (χ4n) is 1.91. The van der Waals surface area contributed by atoms with Crippen molar-refractivity contribution in [3.8, 4) is 0 Å². The van der Waals surface area contributed by atoms with E-state index >= 15 is 0 Å². The molecule has 0 aliphatic heterocycles. The molecule has 0 spiro atoms. The van der Waals surface area contributed by atoms with E-state index < -0.39 is 0 Å². The summed E-state index contributed by atoms with van der Waals surface area (Å²) in [6, 6.07) is 8.61. The highest BCUT2D eigenvalue weighted by Crippen LogP contribution is 2.31. The minimum absolute atomic E-state index is 0.0138. The van der Waals surface area contributed by atoms with E-state index in [9.17, 15) is 0 Å². The van der Waals surface area contributed by atoms with Crippen molar-refractivity contribution in [3.05, 3.63) is 41.2 Å². The second-order valence-corrected chi connectivity index (χ2v) is 7.15. The average molecular weight is 307 g/mol. The second kappa shape index (κ2) is 7.20. The van der Waals surface area contributed by atoms with Crippen LogP contribution in [0.3, 0.4) is 0 Å². The smallest absolute Gasteiger partial charge is 0.170 e. The number of hydrogen-bond acceptors (Lipinski definition) is 5. The van der Waals surface area contributed by atoms with Crippen molar-refractivity contribution in [1.82, 2.24) is 9.36 Å². The Kier molecular flexibility index (Phi) is 5.57. The lowest BCUT2D eigenvalue weighted by molar-refractivity contribution is 0.714. The minimum Gasteiger partial charge on any atom is -0.323 e. The Morgan fingerprint density at radius 1 is 1.20 bits per heavy atom. The molecule has 0 saturated heterocycles. The van der Waals surface area contributed by atoms with E-state index in [4.69, 9.17) is 5.73 Å². The van der Waals surface area contributed by atoms with Gasteiger partial charge in [0.2, 0.25) is 0 Å². The van der Waals surface area contributed by atoms with E-state index in [1.54, 1.807) is 11.8 Å². The maximum Gasteiger partial charge on any atom is 0.170 e. The van der Waals surface area contributed by atoms with Crippen molar-refractivity contribution < 1.29 is 0 Å². The summed E-state index contributed by atoms with van der Waals surface area (Å²) in [6.07, 6.45) is 1.94. The molecule has 2 rings (SSSR count). The van der Waals surface area contributed by atoms with Crippen molar-refractivity contribution in [3.63, 3.8) is 0 Å². The van der Waals surface area contributed by atoms with Crippen LogP contribution in [0.5, 0.6) is 0 Å². The lowest BCUT2D eigenvalue weighted by Gasteiger charge is -2.18. The summed E-state index contributed by atoms with van der Waals surface area (Å²) in [6.45, 7) is 6.38. The molecule has 0 radical (unpaired) electrons. The number of rotatable bonds is 6. The summed E-state index contributed by atoms with van der Waals surface area (Å²) in [5.41, 5.74) is 8.88. The van der Waals surface area contributed by atoms with Gasteiger partial charge < -0.3 is 5.73 Å². The number of hydrogen-bond donors (Lipinski definition) is 1. The quantitative estimate of drug-likeness (QED) is 0.824. The van der Waals surface area contributed by atoms with Gasteiger partial charge >= 0.3 is 0 Å². The third kappa shape index (κ3) is 3.81. The maximum atomic E-state index is 6.35. The van der Waals surface area contributed by atoms with Crippen LogP contribution in [0.4, 0.5) is 0 Å². The van der Waals surface area contributed by atoms with Gasteiger partial charge in [-0.25, -0.2) is 4.98 Å². The summed E-state index contributed by atoms with van der Waals surface area (Å²) >= 11 is 3.18. The van der Waals surface area contributed by atoms with Crippen molar-refractivity contribution >= 4 is 23.3 Å².